The number of rotatable bonds is 3. The summed E-state index contributed by atoms with van der Waals surface area (Å²) in [7, 11) is 0. The van der Waals surface area contributed by atoms with Gasteiger partial charge in [0, 0.05) is 26.1 Å². The zero-order valence-electron chi connectivity index (χ0n) is 9.32. The van der Waals surface area contributed by atoms with Gasteiger partial charge in [-0.1, -0.05) is 0 Å². The van der Waals surface area contributed by atoms with Crippen LogP contribution in [0.2, 0.25) is 0 Å². The zero-order valence-corrected chi connectivity index (χ0v) is 9.32. The highest BCUT2D eigenvalue weighted by atomic mass is 16.2. The van der Waals surface area contributed by atoms with Crippen molar-refractivity contribution in [2.75, 3.05) is 19.6 Å². The second kappa shape index (κ2) is 5.11. The van der Waals surface area contributed by atoms with Crippen molar-refractivity contribution in [1.29, 1.82) is 0 Å². The third kappa shape index (κ3) is 3.51. The average Bonchev–Trinajstić information content (AvgIpc) is 2.62. The minimum atomic E-state index is -0.175. The molecule has 0 aromatic heterocycles. The van der Waals surface area contributed by atoms with Gasteiger partial charge in [0.25, 0.3) is 0 Å². The van der Waals surface area contributed by atoms with Crippen LogP contribution >= 0.6 is 0 Å². The van der Waals surface area contributed by atoms with E-state index in [-0.39, 0.29) is 24.4 Å². The van der Waals surface area contributed by atoms with E-state index >= 15 is 0 Å². The second-order valence-corrected chi connectivity index (χ2v) is 4.16. The summed E-state index contributed by atoms with van der Waals surface area (Å²) in [6, 6.07) is 0.128. The molecule has 2 amide bonds. The number of likely N-dealkylation sites (tertiary alicyclic amines) is 1. The topological polar surface area (TPSA) is 75.4 Å². The van der Waals surface area contributed by atoms with E-state index in [1.807, 2.05) is 6.92 Å². The number of carbonyl (C=O) groups excluding carboxylic acids is 2. The first-order valence-corrected chi connectivity index (χ1v) is 5.28. The summed E-state index contributed by atoms with van der Waals surface area (Å²) in [6.45, 7) is 4.94. The molecule has 0 spiro atoms. The van der Waals surface area contributed by atoms with Gasteiger partial charge in [-0.3, -0.25) is 9.59 Å². The quantitative estimate of drug-likeness (QED) is 0.652. The molecule has 1 aliphatic rings. The summed E-state index contributed by atoms with van der Waals surface area (Å²) in [6.07, 6.45) is 0.962. The van der Waals surface area contributed by atoms with Gasteiger partial charge < -0.3 is 16.0 Å². The van der Waals surface area contributed by atoms with Crippen molar-refractivity contribution < 1.29 is 9.59 Å². The van der Waals surface area contributed by atoms with E-state index in [4.69, 9.17) is 5.73 Å². The molecule has 2 atom stereocenters. The first-order valence-electron chi connectivity index (χ1n) is 5.28. The van der Waals surface area contributed by atoms with E-state index in [9.17, 15) is 9.59 Å². The number of amides is 2. The van der Waals surface area contributed by atoms with Crippen LogP contribution in [0.15, 0.2) is 0 Å². The summed E-state index contributed by atoms with van der Waals surface area (Å²) in [5.41, 5.74) is 5.77. The Morgan fingerprint density at radius 3 is 2.73 bits per heavy atom. The fourth-order valence-corrected chi connectivity index (χ4v) is 1.75. The van der Waals surface area contributed by atoms with Crippen LogP contribution in [0.5, 0.6) is 0 Å². The Balaban J connectivity index is 2.33. The van der Waals surface area contributed by atoms with Crippen molar-refractivity contribution in [3.63, 3.8) is 0 Å². The number of hydrogen-bond donors (Lipinski definition) is 2. The zero-order chi connectivity index (χ0) is 11.4. The van der Waals surface area contributed by atoms with Gasteiger partial charge in [-0.25, -0.2) is 0 Å². The Morgan fingerprint density at radius 1 is 1.60 bits per heavy atom. The number of carbonyl (C=O) groups is 2. The Hall–Kier alpha value is -1.10. The van der Waals surface area contributed by atoms with Crippen LogP contribution in [0.25, 0.3) is 0 Å². The SMILES string of the molecule is CC(=O)NCC(=O)N1CCC(C(C)N)C1. The predicted molar refractivity (Wildman–Crippen MR) is 57.0 cm³/mol. The van der Waals surface area contributed by atoms with Crippen LogP contribution in [0.4, 0.5) is 0 Å². The molecule has 1 fully saturated rings. The lowest BCUT2D eigenvalue weighted by atomic mass is 10.0. The maximum atomic E-state index is 11.6. The number of nitrogens with one attached hydrogen (secondary N) is 1. The molecule has 15 heavy (non-hydrogen) atoms. The van der Waals surface area contributed by atoms with Crippen molar-refractivity contribution >= 4 is 11.8 Å². The molecular weight excluding hydrogens is 194 g/mol. The van der Waals surface area contributed by atoms with Crippen molar-refractivity contribution in [1.82, 2.24) is 10.2 Å². The van der Waals surface area contributed by atoms with Gasteiger partial charge in [0.1, 0.15) is 0 Å². The molecule has 1 aliphatic heterocycles. The maximum Gasteiger partial charge on any atom is 0.241 e. The Kier molecular flexibility index (Phi) is 4.08. The van der Waals surface area contributed by atoms with E-state index in [0.717, 1.165) is 19.5 Å². The largest absolute Gasteiger partial charge is 0.347 e. The van der Waals surface area contributed by atoms with E-state index in [1.165, 1.54) is 6.92 Å². The molecule has 1 heterocycles. The van der Waals surface area contributed by atoms with Crippen LogP contribution in [0, 0.1) is 5.92 Å². The monoisotopic (exact) mass is 213 g/mol. The Bertz CT molecular complexity index is 253. The van der Waals surface area contributed by atoms with Crippen LogP contribution in [-0.4, -0.2) is 42.4 Å². The number of nitrogens with two attached hydrogens (primary N) is 1. The smallest absolute Gasteiger partial charge is 0.241 e. The summed E-state index contributed by atoms with van der Waals surface area (Å²) in [5, 5.41) is 2.50. The molecule has 1 saturated heterocycles. The van der Waals surface area contributed by atoms with Gasteiger partial charge >= 0.3 is 0 Å². The van der Waals surface area contributed by atoms with Gasteiger partial charge in [0.2, 0.25) is 11.8 Å². The standard InChI is InChI=1S/C10H19N3O2/c1-7(11)9-3-4-13(6-9)10(15)5-12-8(2)14/h7,9H,3-6,11H2,1-2H3,(H,12,14). The van der Waals surface area contributed by atoms with Crippen molar-refractivity contribution in [3.8, 4) is 0 Å². The molecule has 1 rings (SSSR count). The molecule has 0 aromatic rings. The summed E-state index contributed by atoms with van der Waals surface area (Å²) in [4.78, 5) is 24.0. The van der Waals surface area contributed by atoms with Gasteiger partial charge in [0.05, 0.1) is 6.54 Å². The highest BCUT2D eigenvalue weighted by Crippen LogP contribution is 2.18. The molecule has 5 nitrogen and oxygen atoms in total. The molecule has 5 heteroatoms. The lowest BCUT2D eigenvalue weighted by molar-refractivity contribution is -0.131. The van der Waals surface area contributed by atoms with Gasteiger partial charge in [0.15, 0.2) is 0 Å². The molecule has 3 N–H and O–H groups in total. The average molecular weight is 213 g/mol. The van der Waals surface area contributed by atoms with E-state index < -0.39 is 0 Å². The summed E-state index contributed by atoms with van der Waals surface area (Å²) in [5.74, 6) is 0.200. The van der Waals surface area contributed by atoms with Crippen LogP contribution < -0.4 is 11.1 Å². The van der Waals surface area contributed by atoms with E-state index in [2.05, 4.69) is 5.32 Å². The highest BCUT2D eigenvalue weighted by molar-refractivity contribution is 5.83. The first kappa shape index (κ1) is 12.0. The summed E-state index contributed by atoms with van der Waals surface area (Å²) >= 11 is 0. The van der Waals surface area contributed by atoms with Crippen molar-refractivity contribution in [3.05, 3.63) is 0 Å². The fraction of sp³-hybridized carbons (Fsp3) is 0.800. The molecule has 2 unspecified atom stereocenters. The third-order valence-electron chi connectivity index (χ3n) is 2.81. The molecule has 0 saturated carbocycles. The minimum absolute atomic E-state index is 0.0200. The van der Waals surface area contributed by atoms with Crippen LogP contribution in [0.1, 0.15) is 20.3 Å². The lowest BCUT2D eigenvalue weighted by Gasteiger charge is -2.18. The van der Waals surface area contributed by atoms with Crippen LogP contribution in [0.3, 0.4) is 0 Å². The number of hydrogen-bond acceptors (Lipinski definition) is 3. The first-order chi connectivity index (χ1) is 7.00. The van der Waals surface area contributed by atoms with Gasteiger partial charge in [-0.2, -0.15) is 0 Å². The molecule has 0 bridgehead atoms. The van der Waals surface area contributed by atoms with Gasteiger partial charge in [-0.15, -0.1) is 0 Å². The van der Waals surface area contributed by atoms with Crippen molar-refractivity contribution in [2.45, 2.75) is 26.3 Å². The summed E-state index contributed by atoms with van der Waals surface area (Å²) < 4.78 is 0. The molecule has 0 aliphatic carbocycles. The Labute approximate surface area is 90.0 Å². The normalized spacial score (nSPS) is 22.6. The molecule has 0 aromatic carbocycles. The van der Waals surface area contributed by atoms with E-state index in [0.29, 0.717) is 5.92 Å². The second-order valence-electron chi connectivity index (χ2n) is 4.16. The number of nitrogens with zero attached hydrogens (tertiary/aromatic N) is 1. The Morgan fingerprint density at radius 2 is 2.27 bits per heavy atom. The van der Waals surface area contributed by atoms with E-state index in [1.54, 1.807) is 4.90 Å². The minimum Gasteiger partial charge on any atom is -0.347 e. The molecular formula is C10H19N3O2. The maximum absolute atomic E-state index is 11.6. The van der Waals surface area contributed by atoms with Gasteiger partial charge in [-0.05, 0) is 19.3 Å². The van der Waals surface area contributed by atoms with Crippen molar-refractivity contribution in [2.24, 2.45) is 11.7 Å². The molecule has 86 valence electrons. The lowest BCUT2D eigenvalue weighted by Crippen LogP contribution is -2.39. The fourth-order valence-electron chi connectivity index (χ4n) is 1.75. The highest BCUT2D eigenvalue weighted by Gasteiger charge is 2.27. The predicted octanol–water partition coefficient (Wildman–Crippen LogP) is -0.682. The van der Waals surface area contributed by atoms with Crippen LogP contribution in [-0.2, 0) is 9.59 Å². The molecule has 0 radical (unpaired) electrons. The third-order valence-corrected chi connectivity index (χ3v) is 2.81.